The van der Waals surface area contributed by atoms with E-state index in [0.717, 1.165) is 18.9 Å². The topological polar surface area (TPSA) is 83.5 Å². The lowest BCUT2D eigenvalue weighted by Crippen LogP contribution is -2.42. The third-order valence-corrected chi connectivity index (χ3v) is 6.38. The fourth-order valence-corrected chi connectivity index (χ4v) is 4.56. The average molecular weight is 382 g/mol. The van der Waals surface area contributed by atoms with Crippen LogP contribution in [-0.4, -0.2) is 47.3 Å². The number of thiazole rings is 1. The van der Waals surface area contributed by atoms with E-state index in [9.17, 15) is 9.90 Å². The molecule has 1 amide bonds. The molecule has 0 bridgehead atoms. The number of hydrogen-bond donors (Lipinski definition) is 3. The predicted molar refractivity (Wildman–Crippen MR) is 103 cm³/mol. The van der Waals surface area contributed by atoms with E-state index in [-0.39, 0.29) is 18.1 Å². The summed E-state index contributed by atoms with van der Waals surface area (Å²) in [5.41, 5.74) is 0.498. The van der Waals surface area contributed by atoms with Crippen molar-refractivity contribution in [2.75, 3.05) is 19.7 Å². The van der Waals surface area contributed by atoms with Crippen LogP contribution in [0.25, 0.3) is 0 Å². The van der Waals surface area contributed by atoms with Crippen LogP contribution in [0.15, 0.2) is 6.20 Å². The van der Waals surface area contributed by atoms with Gasteiger partial charge in [0.15, 0.2) is 0 Å². The maximum atomic E-state index is 12.2. The molecule has 3 rings (SSSR count). The summed E-state index contributed by atoms with van der Waals surface area (Å²) >= 11 is 1.22. The van der Waals surface area contributed by atoms with Gasteiger partial charge in [0.2, 0.25) is 0 Å². The molecule has 0 spiro atoms. The van der Waals surface area contributed by atoms with Crippen molar-refractivity contribution >= 4 is 17.2 Å². The predicted octanol–water partition coefficient (Wildman–Crippen LogP) is 2.58. The maximum absolute atomic E-state index is 12.2. The minimum atomic E-state index is -0.618. The van der Waals surface area contributed by atoms with Crippen LogP contribution in [-0.2, 0) is 0 Å². The molecule has 0 saturated heterocycles. The summed E-state index contributed by atoms with van der Waals surface area (Å²) in [5, 5.41) is 16.6. The van der Waals surface area contributed by atoms with Gasteiger partial charge in [0.1, 0.15) is 17.6 Å². The Morgan fingerprint density at radius 1 is 1.54 bits per heavy atom. The van der Waals surface area contributed by atoms with Crippen molar-refractivity contribution in [3.63, 3.8) is 0 Å². The third-order valence-electron chi connectivity index (χ3n) is 5.47. The van der Waals surface area contributed by atoms with Crippen molar-refractivity contribution in [2.24, 2.45) is 11.3 Å². The normalized spacial score (nSPS) is 25.6. The van der Waals surface area contributed by atoms with Gasteiger partial charge in [0, 0.05) is 18.6 Å². The SMILES string of the molecule is CC(C)(C)NCC(O)COc1ncc(C(=O)NCCC23CCCC2C3)s1. The van der Waals surface area contributed by atoms with Gasteiger partial charge in [-0.3, -0.25) is 4.79 Å². The Balaban J connectivity index is 1.36. The summed E-state index contributed by atoms with van der Waals surface area (Å²) in [6, 6.07) is 0. The fourth-order valence-electron chi connectivity index (χ4n) is 3.87. The van der Waals surface area contributed by atoms with Crippen molar-refractivity contribution in [3.8, 4) is 5.19 Å². The summed E-state index contributed by atoms with van der Waals surface area (Å²) < 4.78 is 5.51. The zero-order chi connectivity index (χ0) is 18.8. The van der Waals surface area contributed by atoms with Crippen LogP contribution in [0.3, 0.4) is 0 Å². The van der Waals surface area contributed by atoms with E-state index in [2.05, 4.69) is 15.6 Å². The summed E-state index contributed by atoms with van der Waals surface area (Å²) in [7, 11) is 0. The number of rotatable bonds is 9. The Kier molecular flexibility index (Phi) is 5.89. The third kappa shape index (κ3) is 5.18. The first-order valence-corrected chi connectivity index (χ1v) is 10.4. The van der Waals surface area contributed by atoms with E-state index in [1.165, 1.54) is 37.0 Å². The van der Waals surface area contributed by atoms with E-state index < -0.39 is 6.10 Å². The zero-order valence-electron chi connectivity index (χ0n) is 16.0. The largest absolute Gasteiger partial charge is 0.467 e. The molecule has 1 aromatic heterocycles. The van der Waals surface area contributed by atoms with E-state index >= 15 is 0 Å². The van der Waals surface area contributed by atoms with Gasteiger partial charge in [0.05, 0.1) is 6.20 Å². The number of carbonyl (C=O) groups is 1. The van der Waals surface area contributed by atoms with Gasteiger partial charge in [-0.1, -0.05) is 17.8 Å². The molecule has 0 aliphatic heterocycles. The second-order valence-electron chi connectivity index (χ2n) is 8.75. The number of aliphatic hydroxyl groups excluding tert-OH is 1. The monoisotopic (exact) mass is 381 g/mol. The fraction of sp³-hybridized carbons (Fsp3) is 0.789. The Labute approximate surface area is 159 Å². The summed E-state index contributed by atoms with van der Waals surface area (Å²) in [6.07, 6.45) is 7.44. The van der Waals surface area contributed by atoms with Gasteiger partial charge in [-0.2, -0.15) is 0 Å². The molecule has 2 aliphatic carbocycles. The average Bonchev–Trinajstić information content (AvgIpc) is 2.94. The molecular formula is C19H31N3O3S. The first kappa shape index (κ1) is 19.6. The zero-order valence-corrected chi connectivity index (χ0v) is 16.8. The molecule has 7 heteroatoms. The molecule has 1 heterocycles. The Morgan fingerprint density at radius 2 is 2.35 bits per heavy atom. The van der Waals surface area contributed by atoms with Crippen LogP contribution in [0.1, 0.15) is 62.5 Å². The highest BCUT2D eigenvalue weighted by Gasteiger charge is 2.55. The van der Waals surface area contributed by atoms with Crippen molar-refractivity contribution in [2.45, 2.75) is 64.5 Å². The van der Waals surface area contributed by atoms with Crippen LogP contribution in [0.2, 0.25) is 0 Å². The first-order valence-electron chi connectivity index (χ1n) is 9.57. The highest BCUT2D eigenvalue weighted by molar-refractivity contribution is 7.15. The number of aliphatic hydroxyl groups is 1. The van der Waals surface area contributed by atoms with Gasteiger partial charge >= 0.3 is 0 Å². The quantitative estimate of drug-likeness (QED) is 0.612. The summed E-state index contributed by atoms with van der Waals surface area (Å²) in [4.78, 5) is 16.9. The molecular weight excluding hydrogens is 350 g/mol. The number of ether oxygens (including phenoxy) is 1. The number of amides is 1. The number of aromatic nitrogens is 1. The standard InChI is InChI=1S/C19H31N3O3S/c1-18(2,3)22-10-14(23)12-25-17-21-11-15(26-17)16(24)20-8-7-19-6-4-5-13(19)9-19/h11,13-14,22-23H,4-10,12H2,1-3H3,(H,20,24). The second-order valence-corrected chi connectivity index (χ2v) is 9.74. The minimum absolute atomic E-state index is 0.0496. The number of hydrogen-bond acceptors (Lipinski definition) is 6. The molecule has 0 radical (unpaired) electrons. The molecule has 3 unspecified atom stereocenters. The van der Waals surface area contributed by atoms with Crippen molar-refractivity contribution < 1.29 is 14.6 Å². The van der Waals surface area contributed by atoms with Crippen molar-refractivity contribution in [1.29, 1.82) is 0 Å². The van der Waals surface area contributed by atoms with Gasteiger partial charge in [-0.15, -0.1) is 0 Å². The van der Waals surface area contributed by atoms with Crippen LogP contribution < -0.4 is 15.4 Å². The van der Waals surface area contributed by atoms with Crippen LogP contribution >= 0.6 is 11.3 Å². The number of nitrogens with zero attached hydrogens (tertiary/aromatic N) is 1. The molecule has 2 saturated carbocycles. The van der Waals surface area contributed by atoms with Crippen molar-refractivity contribution in [3.05, 3.63) is 11.1 Å². The van der Waals surface area contributed by atoms with Gasteiger partial charge in [0.25, 0.3) is 11.1 Å². The van der Waals surface area contributed by atoms with Gasteiger partial charge in [-0.05, 0) is 57.8 Å². The summed E-state index contributed by atoms with van der Waals surface area (Å²) in [5.74, 6) is 0.834. The van der Waals surface area contributed by atoms with E-state index in [4.69, 9.17) is 4.74 Å². The molecule has 1 aromatic rings. The lowest BCUT2D eigenvalue weighted by molar-refractivity contribution is 0.0954. The molecule has 0 aromatic carbocycles. The number of carbonyl (C=O) groups excluding carboxylic acids is 1. The maximum Gasteiger partial charge on any atom is 0.273 e. The molecule has 2 fully saturated rings. The van der Waals surface area contributed by atoms with Crippen LogP contribution in [0.4, 0.5) is 0 Å². The lowest BCUT2D eigenvalue weighted by Gasteiger charge is -2.22. The molecule has 26 heavy (non-hydrogen) atoms. The Morgan fingerprint density at radius 3 is 3.00 bits per heavy atom. The van der Waals surface area contributed by atoms with Crippen LogP contribution in [0.5, 0.6) is 5.19 Å². The first-order chi connectivity index (χ1) is 12.3. The van der Waals surface area contributed by atoms with Gasteiger partial charge in [-0.25, -0.2) is 4.98 Å². The molecule has 3 atom stereocenters. The molecule has 146 valence electrons. The highest BCUT2D eigenvalue weighted by atomic mass is 32.1. The van der Waals surface area contributed by atoms with Crippen LogP contribution in [0, 0.1) is 11.3 Å². The minimum Gasteiger partial charge on any atom is -0.467 e. The van der Waals surface area contributed by atoms with E-state index in [1.54, 1.807) is 6.20 Å². The Bertz CT molecular complexity index is 628. The molecule has 2 aliphatic rings. The number of fused-ring (bicyclic) bond motifs is 1. The van der Waals surface area contributed by atoms with E-state index in [1.807, 2.05) is 20.8 Å². The Hall–Kier alpha value is -1.18. The lowest BCUT2D eigenvalue weighted by atomic mass is 9.99. The number of β-amino-alcohol motifs (C(OH)–C–C–N with tert-alkyl or cyclic N) is 1. The molecule has 3 N–H and O–H groups in total. The number of nitrogens with one attached hydrogen (secondary N) is 2. The second kappa shape index (κ2) is 7.82. The molecule has 6 nitrogen and oxygen atoms in total. The van der Waals surface area contributed by atoms with Gasteiger partial charge < -0.3 is 20.5 Å². The highest BCUT2D eigenvalue weighted by Crippen LogP contribution is 2.65. The smallest absolute Gasteiger partial charge is 0.273 e. The van der Waals surface area contributed by atoms with Crippen molar-refractivity contribution in [1.82, 2.24) is 15.6 Å². The summed E-state index contributed by atoms with van der Waals surface area (Å²) in [6.45, 7) is 7.47. The van der Waals surface area contributed by atoms with E-state index in [0.29, 0.717) is 22.0 Å².